The van der Waals surface area contributed by atoms with Crippen molar-refractivity contribution in [3.63, 3.8) is 0 Å². The van der Waals surface area contributed by atoms with Crippen molar-refractivity contribution in [1.82, 2.24) is 9.80 Å². The lowest BCUT2D eigenvalue weighted by molar-refractivity contribution is 0.192. The van der Waals surface area contributed by atoms with Crippen LogP contribution >= 0.6 is 0 Å². The van der Waals surface area contributed by atoms with Crippen molar-refractivity contribution in [2.45, 2.75) is 39.2 Å². The molecule has 0 spiro atoms. The summed E-state index contributed by atoms with van der Waals surface area (Å²) < 4.78 is 6.05. The first-order valence-electron chi connectivity index (χ1n) is 11.2. The van der Waals surface area contributed by atoms with Crippen LogP contribution in [-0.4, -0.2) is 48.6 Å². The van der Waals surface area contributed by atoms with Crippen LogP contribution in [0.4, 0.5) is 10.5 Å². The van der Waals surface area contributed by atoms with E-state index in [1.165, 1.54) is 32.4 Å². The molecule has 0 unspecified atom stereocenters. The molecule has 2 fully saturated rings. The molecule has 1 N–H and O–H groups in total. The lowest BCUT2D eigenvalue weighted by Crippen LogP contribution is -2.37. The monoisotopic (exact) mass is 407 g/mol. The highest BCUT2D eigenvalue weighted by atomic mass is 16.5. The number of hydrogen-bond acceptors (Lipinski definition) is 3. The SMILES string of the molecule is Cc1ccc(NC(=O)N2CC[C@@H](CN3CCCCC3)C2)c(OCc2ccccc2)c1. The van der Waals surface area contributed by atoms with Gasteiger partial charge in [-0.3, -0.25) is 0 Å². The van der Waals surface area contributed by atoms with Gasteiger partial charge in [0, 0.05) is 19.6 Å². The fraction of sp³-hybridized carbons (Fsp3) is 0.480. The zero-order chi connectivity index (χ0) is 20.8. The molecule has 0 radical (unpaired) electrons. The van der Waals surface area contributed by atoms with E-state index in [1.54, 1.807) is 0 Å². The van der Waals surface area contributed by atoms with Crippen LogP contribution in [0.5, 0.6) is 5.75 Å². The Morgan fingerprint density at radius 2 is 1.87 bits per heavy atom. The third-order valence-corrected chi connectivity index (χ3v) is 6.15. The van der Waals surface area contributed by atoms with Crippen LogP contribution in [0.2, 0.25) is 0 Å². The molecule has 2 aromatic carbocycles. The highest BCUT2D eigenvalue weighted by molar-refractivity contribution is 5.91. The first-order valence-corrected chi connectivity index (χ1v) is 11.2. The number of likely N-dealkylation sites (tertiary alicyclic amines) is 2. The quantitative estimate of drug-likeness (QED) is 0.740. The molecule has 5 heteroatoms. The van der Waals surface area contributed by atoms with E-state index >= 15 is 0 Å². The Morgan fingerprint density at radius 3 is 2.67 bits per heavy atom. The van der Waals surface area contributed by atoms with Crippen LogP contribution in [0.15, 0.2) is 48.5 Å². The summed E-state index contributed by atoms with van der Waals surface area (Å²) in [6, 6.07) is 16.0. The third kappa shape index (κ3) is 5.54. The van der Waals surface area contributed by atoms with Crippen molar-refractivity contribution in [1.29, 1.82) is 0 Å². The summed E-state index contributed by atoms with van der Waals surface area (Å²) in [4.78, 5) is 17.4. The first kappa shape index (κ1) is 20.7. The van der Waals surface area contributed by atoms with E-state index in [4.69, 9.17) is 4.74 Å². The molecule has 2 aliphatic heterocycles. The van der Waals surface area contributed by atoms with Gasteiger partial charge in [-0.1, -0.05) is 42.8 Å². The number of aryl methyl sites for hydroxylation is 1. The predicted molar refractivity (Wildman–Crippen MR) is 121 cm³/mol. The lowest BCUT2D eigenvalue weighted by Gasteiger charge is -2.29. The molecule has 2 saturated heterocycles. The fourth-order valence-corrected chi connectivity index (χ4v) is 4.46. The van der Waals surface area contributed by atoms with Gasteiger partial charge in [0.15, 0.2) is 0 Å². The second-order valence-electron chi connectivity index (χ2n) is 8.67. The zero-order valence-electron chi connectivity index (χ0n) is 18.0. The van der Waals surface area contributed by atoms with Crippen molar-refractivity contribution < 1.29 is 9.53 Å². The Bertz CT molecular complexity index is 834. The predicted octanol–water partition coefficient (Wildman–Crippen LogP) is 4.91. The molecule has 0 bridgehead atoms. The van der Waals surface area contributed by atoms with Crippen LogP contribution < -0.4 is 10.1 Å². The maximum absolute atomic E-state index is 12.9. The molecule has 0 saturated carbocycles. The minimum Gasteiger partial charge on any atom is -0.487 e. The average molecular weight is 408 g/mol. The van der Waals surface area contributed by atoms with Crippen molar-refractivity contribution in [2.24, 2.45) is 5.92 Å². The van der Waals surface area contributed by atoms with Crippen LogP contribution in [0.1, 0.15) is 36.8 Å². The maximum atomic E-state index is 12.9. The zero-order valence-corrected chi connectivity index (χ0v) is 18.0. The van der Waals surface area contributed by atoms with Gasteiger partial charge in [-0.15, -0.1) is 0 Å². The summed E-state index contributed by atoms with van der Waals surface area (Å²) in [5, 5.41) is 3.09. The van der Waals surface area contributed by atoms with Gasteiger partial charge in [-0.05, 0) is 68.5 Å². The van der Waals surface area contributed by atoms with E-state index in [0.29, 0.717) is 12.5 Å². The van der Waals surface area contributed by atoms with Gasteiger partial charge in [0.2, 0.25) is 0 Å². The molecule has 4 rings (SSSR count). The van der Waals surface area contributed by atoms with Crippen LogP contribution in [-0.2, 0) is 6.61 Å². The molecule has 2 aromatic rings. The highest BCUT2D eigenvalue weighted by Gasteiger charge is 2.28. The number of ether oxygens (including phenoxy) is 1. The minimum absolute atomic E-state index is 0.0236. The van der Waals surface area contributed by atoms with Gasteiger partial charge < -0.3 is 19.9 Å². The van der Waals surface area contributed by atoms with Crippen LogP contribution in [0, 0.1) is 12.8 Å². The Kier molecular flexibility index (Phi) is 6.90. The summed E-state index contributed by atoms with van der Waals surface area (Å²) in [6.45, 7) is 7.74. The molecule has 0 aliphatic carbocycles. The number of anilines is 1. The van der Waals surface area contributed by atoms with E-state index in [1.807, 2.05) is 60.4 Å². The number of hydrogen-bond donors (Lipinski definition) is 1. The molecule has 2 heterocycles. The molecular weight excluding hydrogens is 374 g/mol. The number of nitrogens with zero attached hydrogens (tertiary/aromatic N) is 2. The van der Waals surface area contributed by atoms with Crippen molar-refractivity contribution in [3.05, 3.63) is 59.7 Å². The molecule has 2 amide bonds. The normalized spacial score (nSPS) is 19.6. The van der Waals surface area contributed by atoms with Gasteiger partial charge in [0.05, 0.1) is 5.69 Å². The van der Waals surface area contributed by atoms with Crippen molar-refractivity contribution in [3.8, 4) is 5.75 Å². The van der Waals surface area contributed by atoms with E-state index in [9.17, 15) is 4.79 Å². The standard InChI is InChI=1S/C25H33N3O2/c1-20-10-11-23(24(16-20)30-19-21-8-4-2-5-9-21)26-25(29)28-15-12-22(18-28)17-27-13-6-3-7-14-27/h2,4-5,8-11,16,22H,3,6-7,12-15,17-19H2,1H3,(H,26,29)/t22-/m0/s1. The van der Waals surface area contributed by atoms with Crippen LogP contribution in [0.3, 0.4) is 0 Å². The van der Waals surface area contributed by atoms with E-state index in [0.717, 1.165) is 48.6 Å². The maximum Gasteiger partial charge on any atom is 0.321 e. The second kappa shape index (κ2) is 9.98. The number of carbonyl (C=O) groups excluding carboxylic acids is 1. The molecule has 160 valence electrons. The van der Waals surface area contributed by atoms with Crippen LogP contribution in [0.25, 0.3) is 0 Å². The first-order chi connectivity index (χ1) is 14.7. The summed E-state index contributed by atoms with van der Waals surface area (Å²) in [6.07, 6.45) is 5.09. The number of nitrogens with one attached hydrogen (secondary N) is 1. The summed E-state index contributed by atoms with van der Waals surface area (Å²) in [5.41, 5.74) is 2.95. The Morgan fingerprint density at radius 1 is 1.07 bits per heavy atom. The number of urea groups is 1. The minimum atomic E-state index is -0.0236. The fourth-order valence-electron chi connectivity index (χ4n) is 4.46. The van der Waals surface area contributed by atoms with Gasteiger partial charge in [-0.2, -0.15) is 0 Å². The molecule has 1 atom stereocenters. The molecule has 0 aromatic heterocycles. The van der Waals surface area contributed by atoms with Gasteiger partial charge in [0.1, 0.15) is 12.4 Å². The molecule has 2 aliphatic rings. The Balaban J connectivity index is 1.33. The Hall–Kier alpha value is -2.53. The number of benzene rings is 2. The topological polar surface area (TPSA) is 44.8 Å². The lowest BCUT2D eigenvalue weighted by atomic mass is 10.1. The largest absolute Gasteiger partial charge is 0.487 e. The van der Waals surface area contributed by atoms with E-state index < -0.39 is 0 Å². The van der Waals surface area contributed by atoms with Gasteiger partial charge in [0.25, 0.3) is 0 Å². The Labute approximate surface area is 180 Å². The van der Waals surface area contributed by atoms with Crippen molar-refractivity contribution in [2.75, 3.05) is 38.0 Å². The molecular formula is C25H33N3O2. The van der Waals surface area contributed by atoms with E-state index in [2.05, 4.69) is 10.2 Å². The number of piperidine rings is 1. The highest BCUT2D eigenvalue weighted by Crippen LogP contribution is 2.28. The van der Waals surface area contributed by atoms with E-state index in [-0.39, 0.29) is 6.03 Å². The smallest absolute Gasteiger partial charge is 0.321 e. The van der Waals surface area contributed by atoms with Crippen molar-refractivity contribution >= 4 is 11.7 Å². The molecule has 30 heavy (non-hydrogen) atoms. The summed E-state index contributed by atoms with van der Waals surface area (Å²) >= 11 is 0. The summed E-state index contributed by atoms with van der Waals surface area (Å²) in [7, 11) is 0. The summed E-state index contributed by atoms with van der Waals surface area (Å²) in [5.74, 6) is 1.30. The number of amides is 2. The number of carbonyl (C=O) groups is 1. The third-order valence-electron chi connectivity index (χ3n) is 6.15. The second-order valence-corrected chi connectivity index (χ2v) is 8.67. The van der Waals surface area contributed by atoms with Gasteiger partial charge in [-0.25, -0.2) is 4.79 Å². The number of rotatable bonds is 6. The van der Waals surface area contributed by atoms with Gasteiger partial charge >= 0.3 is 6.03 Å². The average Bonchev–Trinajstić information content (AvgIpc) is 3.24. The molecule has 5 nitrogen and oxygen atoms in total.